The minimum absolute atomic E-state index is 0.258. The minimum Gasteiger partial charge on any atom is -0.490 e. The van der Waals surface area contributed by atoms with E-state index < -0.39 is 6.10 Å². The number of quaternary nitrogens is 1. The van der Waals surface area contributed by atoms with Crippen LogP contribution in [0, 0.1) is 20.8 Å². The number of ether oxygens (including phenoxy) is 2. The molecule has 0 aliphatic carbocycles. The van der Waals surface area contributed by atoms with Crippen LogP contribution in [-0.4, -0.2) is 49.7 Å². The molecule has 0 spiro atoms. The summed E-state index contributed by atoms with van der Waals surface area (Å²) < 4.78 is 11.6. The number of morpholine rings is 1. The quantitative estimate of drug-likeness (QED) is 0.854. The summed E-state index contributed by atoms with van der Waals surface area (Å²) in [7, 11) is 0. The maximum Gasteiger partial charge on any atom is 0.137 e. The number of hydrogen-bond acceptors (Lipinski definition) is 3. The second-order valence-corrected chi connectivity index (χ2v) is 6.79. The van der Waals surface area contributed by atoms with Crippen molar-refractivity contribution in [2.75, 3.05) is 26.2 Å². The van der Waals surface area contributed by atoms with E-state index in [2.05, 4.69) is 40.7 Å². The van der Waals surface area contributed by atoms with Crippen LogP contribution in [0.5, 0.6) is 5.75 Å². The largest absolute Gasteiger partial charge is 0.490 e. The highest BCUT2D eigenvalue weighted by molar-refractivity contribution is 5.41. The molecule has 4 nitrogen and oxygen atoms in total. The van der Waals surface area contributed by atoms with E-state index in [1.807, 2.05) is 6.07 Å². The standard InChI is InChI=1S/C18H29NO3/c1-12-6-13(2)16(5)18(7-12)21-11-17(20)10-19-8-14(3)22-15(4)9-19/h6-7,14-15,17,20H,8-11H2,1-5H3/p+1/t14-,15-,17-/m1/s1. The first-order valence-electron chi connectivity index (χ1n) is 8.23. The lowest BCUT2D eigenvalue weighted by Gasteiger charge is -2.33. The average Bonchev–Trinajstić information content (AvgIpc) is 2.40. The van der Waals surface area contributed by atoms with Crippen LogP contribution in [0.25, 0.3) is 0 Å². The Bertz CT molecular complexity index is 493. The second-order valence-electron chi connectivity index (χ2n) is 6.79. The Hall–Kier alpha value is -1.10. The summed E-state index contributed by atoms with van der Waals surface area (Å²) in [6.07, 6.45) is 0.0646. The third-order valence-electron chi connectivity index (χ3n) is 4.34. The predicted octanol–water partition coefficient (Wildman–Crippen LogP) is 1.04. The molecule has 1 aromatic carbocycles. The number of benzene rings is 1. The molecule has 0 saturated carbocycles. The summed E-state index contributed by atoms with van der Waals surface area (Å²) in [5, 5.41) is 10.3. The Balaban J connectivity index is 1.86. The number of nitrogens with one attached hydrogen (secondary N) is 1. The topological polar surface area (TPSA) is 43.1 Å². The molecule has 1 aliphatic rings. The normalized spacial score (nSPS) is 26.7. The molecule has 22 heavy (non-hydrogen) atoms. The zero-order chi connectivity index (χ0) is 16.3. The fourth-order valence-corrected chi connectivity index (χ4v) is 3.28. The van der Waals surface area contributed by atoms with Gasteiger partial charge in [-0.15, -0.1) is 0 Å². The van der Waals surface area contributed by atoms with Gasteiger partial charge in [-0.25, -0.2) is 0 Å². The van der Waals surface area contributed by atoms with Gasteiger partial charge in [0.25, 0.3) is 0 Å². The maximum absolute atomic E-state index is 10.3. The first-order chi connectivity index (χ1) is 10.3. The average molecular weight is 308 g/mol. The van der Waals surface area contributed by atoms with Crippen molar-refractivity contribution < 1.29 is 19.5 Å². The van der Waals surface area contributed by atoms with Crippen molar-refractivity contribution in [1.29, 1.82) is 0 Å². The van der Waals surface area contributed by atoms with Crippen molar-refractivity contribution in [3.63, 3.8) is 0 Å². The van der Waals surface area contributed by atoms with Gasteiger partial charge in [0.2, 0.25) is 0 Å². The van der Waals surface area contributed by atoms with Crippen molar-refractivity contribution in [2.24, 2.45) is 0 Å². The van der Waals surface area contributed by atoms with Gasteiger partial charge in [0.1, 0.15) is 50.3 Å². The Morgan fingerprint density at radius 1 is 1.23 bits per heavy atom. The minimum atomic E-state index is -0.451. The van der Waals surface area contributed by atoms with Crippen LogP contribution in [0.1, 0.15) is 30.5 Å². The van der Waals surface area contributed by atoms with Crippen LogP contribution in [0.15, 0.2) is 12.1 Å². The van der Waals surface area contributed by atoms with E-state index in [-0.39, 0.29) is 12.2 Å². The van der Waals surface area contributed by atoms with E-state index in [4.69, 9.17) is 9.47 Å². The molecule has 1 saturated heterocycles. The zero-order valence-corrected chi connectivity index (χ0v) is 14.5. The highest BCUT2D eigenvalue weighted by atomic mass is 16.5. The lowest BCUT2D eigenvalue weighted by Crippen LogP contribution is -3.16. The summed E-state index contributed by atoms with van der Waals surface area (Å²) >= 11 is 0. The molecule has 1 aliphatic heterocycles. The SMILES string of the molecule is Cc1cc(C)c(C)c(OC[C@H](O)C[NH+]2C[C@@H](C)O[C@H](C)C2)c1. The van der Waals surface area contributed by atoms with E-state index in [9.17, 15) is 5.11 Å². The number of aryl methyl sites for hydroxylation is 2. The predicted molar refractivity (Wildman–Crippen MR) is 87.7 cm³/mol. The van der Waals surface area contributed by atoms with Crippen LogP contribution in [0.3, 0.4) is 0 Å². The third kappa shape index (κ3) is 4.70. The van der Waals surface area contributed by atoms with E-state index in [1.54, 1.807) is 0 Å². The monoisotopic (exact) mass is 308 g/mol. The van der Waals surface area contributed by atoms with Crippen molar-refractivity contribution >= 4 is 0 Å². The molecule has 0 unspecified atom stereocenters. The molecule has 1 fully saturated rings. The highest BCUT2D eigenvalue weighted by Gasteiger charge is 2.27. The van der Waals surface area contributed by atoms with E-state index >= 15 is 0 Å². The van der Waals surface area contributed by atoms with Gasteiger partial charge in [-0.05, 0) is 57.4 Å². The Morgan fingerprint density at radius 3 is 2.50 bits per heavy atom. The van der Waals surface area contributed by atoms with Crippen LogP contribution in [0.2, 0.25) is 0 Å². The first-order valence-corrected chi connectivity index (χ1v) is 8.23. The van der Waals surface area contributed by atoms with E-state index in [0.29, 0.717) is 13.2 Å². The summed E-state index contributed by atoms with van der Waals surface area (Å²) in [5.74, 6) is 0.885. The third-order valence-corrected chi connectivity index (χ3v) is 4.34. The molecule has 0 aromatic heterocycles. The zero-order valence-electron chi connectivity index (χ0n) is 14.5. The molecule has 4 heteroatoms. The number of aliphatic hydroxyl groups excluding tert-OH is 1. The van der Waals surface area contributed by atoms with Gasteiger partial charge in [-0.3, -0.25) is 0 Å². The fourth-order valence-electron chi connectivity index (χ4n) is 3.28. The van der Waals surface area contributed by atoms with Crippen LogP contribution in [0.4, 0.5) is 0 Å². The lowest BCUT2D eigenvalue weighted by molar-refractivity contribution is -0.918. The van der Waals surface area contributed by atoms with Crippen LogP contribution < -0.4 is 9.64 Å². The molecule has 0 radical (unpaired) electrons. The molecule has 0 bridgehead atoms. The fraction of sp³-hybridized carbons (Fsp3) is 0.667. The number of hydrogen-bond donors (Lipinski definition) is 2. The smallest absolute Gasteiger partial charge is 0.137 e. The van der Waals surface area contributed by atoms with Crippen molar-refractivity contribution in [2.45, 2.75) is 52.9 Å². The number of rotatable bonds is 5. The molecule has 124 valence electrons. The van der Waals surface area contributed by atoms with Gasteiger partial charge in [0, 0.05) is 0 Å². The Kier molecular flexibility index (Phi) is 5.84. The summed E-state index contributed by atoms with van der Waals surface area (Å²) in [6.45, 7) is 13.4. The maximum atomic E-state index is 10.3. The molecule has 3 atom stereocenters. The molecular weight excluding hydrogens is 278 g/mol. The lowest BCUT2D eigenvalue weighted by atomic mass is 10.1. The van der Waals surface area contributed by atoms with Gasteiger partial charge in [0.15, 0.2) is 0 Å². The Labute approximate surface area is 134 Å². The highest BCUT2D eigenvalue weighted by Crippen LogP contribution is 2.23. The van der Waals surface area contributed by atoms with Gasteiger partial charge in [0.05, 0.1) is 0 Å². The first kappa shape index (κ1) is 17.3. The van der Waals surface area contributed by atoms with Gasteiger partial charge >= 0.3 is 0 Å². The summed E-state index contributed by atoms with van der Waals surface area (Å²) in [4.78, 5) is 1.39. The number of aliphatic hydroxyl groups is 1. The van der Waals surface area contributed by atoms with Gasteiger partial charge < -0.3 is 19.5 Å². The summed E-state index contributed by atoms with van der Waals surface area (Å²) in [5.41, 5.74) is 3.57. The molecular formula is C18H30NO3+. The van der Waals surface area contributed by atoms with Gasteiger partial charge in [-0.1, -0.05) is 6.07 Å². The molecule has 2 N–H and O–H groups in total. The van der Waals surface area contributed by atoms with E-state index in [1.165, 1.54) is 16.0 Å². The molecule has 1 heterocycles. The van der Waals surface area contributed by atoms with Crippen molar-refractivity contribution in [3.05, 3.63) is 28.8 Å². The van der Waals surface area contributed by atoms with Crippen molar-refractivity contribution in [1.82, 2.24) is 0 Å². The van der Waals surface area contributed by atoms with E-state index in [0.717, 1.165) is 24.4 Å². The molecule has 0 amide bonds. The molecule has 1 aromatic rings. The molecule has 2 rings (SSSR count). The van der Waals surface area contributed by atoms with Crippen LogP contribution >= 0.6 is 0 Å². The van der Waals surface area contributed by atoms with Crippen molar-refractivity contribution in [3.8, 4) is 5.75 Å². The second kappa shape index (κ2) is 7.44. The van der Waals surface area contributed by atoms with Crippen LogP contribution in [-0.2, 0) is 4.74 Å². The Morgan fingerprint density at radius 2 is 1.86 bits per heavy atom. The summed E-state index contributed by atoms with van der Waals surface area (Å²) in [6, 6.07) is 4.19. The van der Waals surface area contributed by atoms with Gasteiger partial charge in [-0.2, -0.15) is 0 Å².